The summed E-state index contributed by atoms with van der Waals surface area (Å²) >= 11 is 17.4. The monoisotopic (exact) mass is 282 g/mol. The van der Waals surface area contributed by atoms with E-state index in [0.29, 0.717) is 5.02 Å². The van der Waals surface area contributed by atoms with Crippen LogP contribution in [0.2, 0.25) is 15.1 Å². The zero-order chi connectivity index (χ0) is 12.3. The molecule has 0 aromatic heterocycles. The number of carbonyl (C=O) groups is 1. The minimum atomic E-state index is -0.943. The van der Waals surface area contributed by atoms with Crippen molar-refractivity contribution in [1.29, 1.82) is 0 Å². The van der Waals surface area contributed by atoms with E-state index in [-0.39, 0.29) is 22.4 Å². The molecule has 0 spiro atoms. The molecule has 0 aliphatic heterocycles. The van der Waals surface area contributed by atoms with Gasteiger partial charge in [-0.2, -0.15) is 0 Å². The molecule has 88 valence electrons. The maximum atomic E-state index is 10.6. The first-order chi connectivity index (χ1) is 7.41. The van der Waals surface area contributed by atoms with E-state index in [2.05, 4.69) is 0 Å². The van der Waals surface area contributed by atoms with Crippen molar-refractivity contribution in [3.8, 4) is 5.75 Å². The molecule has 0 saturated carbocycles. The van der Waals surface area contributed by atoms with Gasteiger partial charge in [-0.3, -0.25) is 4.79 Å². The average molecular weight is 284 g/mol. The molecule has 1 atom stereocenters. The van der Waals surface area contributed by atoms with Gasteiger partial charge in [0.1, 0.15) is 6.61 Å². The Morgan fingerprint density at radius 3 is 2.31 bits per heavy atom. The molecule has 0 saturated heterocycles. The van der Waals surface area contributed by atoms with Crippen LogP contribution in [0.5, 0.6) is 5.75 Å². The van der Waals surface area contributed by atoms with Crippen molar-refractivity contribution in [1.82, 2.24) is 0 Å². The van der Waals surface area contributed by atoms with Gasteiger partial charge in [-0.1, -0.05) is 34.8 Å². The summed E-state index contributed by atoms with van der Waals surface area (Å²) in [5.41, 5.74) is 0. The molecule has 0 aliphatic rings. The van der Waals surface area contributed by atoms with Crippen LogP contribution in [0.3, 0.4) is 0 Å². The number of hydrogen-bond acceptors (Lipinski definition) is 2. The predicted octanol–water partition coefficient (Wildman–Crippen LogP) is 3.75. The van der Waals surface area contributed by atoms with E-state index in [1.54, 1.807) is 0 Å². The second-order valence-corrected chi connectivity index (χ2v) is 4.50. The third-order valence-electron chi connectivity index (χ3n) is 1.86. The average Bonchev–Trinajstić information content (AvgIpc) is 2.15. The van der Waals surface area contributed by atoms with Crippen LogP contribution in [-0.2, 0) is 4.79 Å². The molecular weight excluding hydrogens is 274 g/mol. The van der Waals surface area contributed by atoms with E-state index < -0.39 is 11.9 Å². The minimum Gasteiger partial charge on any atom is -0.490 e. The van der Waals surface area contributed by atoms with Crippen molar-refractivity contribution in [3.63, 3.8) is 0 Å². The molecule has 0 fully saturated rings. The first-order valence-electron chi connectivity index (χ1n) is 4.42. The molecule has 0 bridgehead atoms. The highest BCUT2D eigenvalue weighted by Gasteiger charge is 2.15. The van der Waals surface area contributed by atoms with Crippen LogP contribution in [-0.4, -0.2) is 17.7 Å². The van der Waals surface area contributed by atoms with E-state index in [4.69, 9.17) is 44.6 Å². The van der Waals surface area contributed by atoms with E-state index in [1.807, 2.05) is 0 Å². The molecular formula is C10H9Cl3O3. The van der Waals surface area contributed by atoms with Crippen LogP contribution in [0, 0.1) is 5.92 Å². The molecule has 0 radical (unpaired) electrons. The van der Waals surface area contributed by atoms with E-state index >= 15 is 0 Å². The lowest BCUT2D eigenvalue weighted by Crippen LogP contribution is -2.18. The first-order valence-corrected chi connectivity index (χ1v) is 5.55. The van der Waals surface area contributed by atoms with E-state index in [1.165, 1.54) is 19.1 Å². The number of hydrogen-bond donors (Lipinski definition) is 1. The quantitative estimate of drug-likeness (QED) is 0.915. The van der Waals surface area contributed by atoms with Crippen LogP contribution < -0.4 is 4.74 Å². The highest BCUT2D eigenvalue weighted by atomic mass is 35.5. The molecule has 1 N–H and O–H groups in total. The van der Waals surface area contributed by atoms with Crippen LogP contribution >= 0.6 is 34.8 Å². The molecule has 0 amide bonds. The summed E-state index contributed by atoms with van der Waals surface area (Å²) in [7, 11) is 0. The summed E-state index contributed by atoms with van der Waals surface area (Å²) in [5, 5.41) is 9.59. The fourth-order valence-corrected chi connectivity index (χ4v) is 1.87. The van der Waals surface area contributed by atoms with Gasteiger partial charge in [0.2, 0.25) is 0 Å². The van der Waals surface area contributed by atoms with Crippen molar-refractivity contribution in [3.05, 3.63) is 27.2 Å². The smallest absolute Gasteiger partial charge is 0.309 e. The topological polar surface area (TPSA) is 46.5 Å². The Kier molecular flexibility index (Phi) is 4.71. The predicted molar refractivity (Wildman–Crippen MR) is 63.8 cm³/mol. The zero-order valence-electron chi connectivity index (χ0n) is 8.34. The van der Waals surface area contributed by atoms with Crippen molar-refractivity contribution in [2.45, 2.75) is 6.92 Å². The molecule has 1 rings (SSSR count). The molecule has 3 nitrogen and oxygen atoms in total. The second kappa shape index (κ2) is 5.62. The highest BCUT2D eigenvalue weighted by molar-refractivity contribution is 6.40. The Hall–Kier alpha value is -0.640. The number of carboxylic acids is 1. The van der Waals surface area contributed by atoms with Crippen molar-refractivity contribution >= 4 is 40.8 Å². The van der Waals surface area contributed by atoms with Gasteiger partial charge in [-0.15, -0.1) is 0 Å². The fraction of sp³-hybridized carbons (Fsp3) is 0.300. The Bertz CT molecular complexity index is 383. The minimum absolute atomic E-state index is 0.00357. The third kappa shape index (κ3) is 3.44. The van der Waals surface area contributed by atoms with Gasteiger partial charge in [0.15, 0.2) is 5.75 Å². The number of rotatable bonds is 4. The highest BCUT2D eigenvalue weighted by Crippen LogP contribution is 2.35. The number of aliphatic carboxylic acids is 1. The number of carboxylic acid groups (broad SMARTS) is 1. The van der Waals surface area contributed by atoms with Gasteiger partial charge in [-0.05, 0) is 19.1 Å². The number of halogens is 3. The number of ether oxygens (including phenoxy) is 1. The van der Waals surface area contributed by atoms with Gasteiger partial charge >= 0.3 is 5.97 Å². The lowest BCUT2D eigenvalue weighted by atomic mass is 10.2. The summed E-state index contributed by atoms with van der Waals surface area (Å²) in [5.74, 6) is -1.33. The maximum absolute atomic E-state index is 10.6. The van der Waals surface area contributed by atoms with Crippen LogP contribution in [0.15, 0.2) is 12.1 Å². The molecule has 0 aliphatic carbocycles. The van der Waals surface area contributed by atoms with Crippen LogP contribution in [0.4, 0.5) is 0 Å². The van der Waals surface area contributed by atoms with Crippen molar-refractivity contribution in [2.75, 3.05) is 6.61 Å². The number of benzene rings is 1. The van der Waals surface area contributed by atoms with Gasteiger partial charge < -0.3 is 9.84 Å². The summed E-state index contributed by atoms with van der Waals surface area (Å²) < 4.78 is 5.24. The molecule has 1 aromatic carbocycles. The maximum Gasteiger partial charge on any atom is 0.309 e. The second-order valence-electron chi connectivity index (χ2n) is 3.25. The van der Waals surface area contributed by atoms with Gasteiger partial charge in [0.05, 0.1) is 16.0 Å². The third-order valence-corrected chi connectivity index (χ3v) is 2.64. The van der Waals surface area contributed by atoms with Gasteiger partial charge in [0.25, 0.3) is 0 Å². The van der Waals surface area contributed by atoms with Gasteiger partial charge in [-0.25, -0.2) is 0 Å². The first kappa shape index (κ1) is 13.4. The summed E-state index contributed by atoms with van der Waals surface area (Å²) in [4.78, 5) is 10.6. The normalized spacial score (nSPS) is 12.2. The van der Waals surface area contributed by atoms with E-state index in [9.17, 15) is 4.79 Å². The molecule has 6 heteroatoms. The van der Waals surface area contributed by atoms with Crippen molar-refractivity contribution < 1.29 is 14.6 Å². The van der Waals surface area contributed by atoms with Gasteiger partial charge in [0, 0.05) is 5.02 Å². The van der Waals surface area contributed by atoms with Crippen LogP contribution in [0.1, 0.15) is 6.92 Å². The lowest BCUT2D eigenvalue weighted by Gasteiger charge is -2.12. The van der Waals surface area contributed by atoms with E-state index in [0.717, 1.165) is 0 Å². The molecule has 1 unspecified atom stereocenters. The lowest BCUT2D eigenvalue weighted by molar-refractivity contribution is -0.142. The SMILES string of the molecule is CC(COc1c(Cl)cc(Cl)cc1Cl)C(=O)O. The standard InChI is InChI=1S/C10H9Cl3O3/c1-5(10(14)15)4-16-9-7(12)2-6(11)3-8(9)13/h2-3,5H,4H2,1H3,(H,14,15). The molecule has 1 aromatic rings. The Morgan fingerprint density at radius 1 is 1.38 bits per heavy atom. The molecule has 16 heavy (non-hydrogen) atoms. The Balaban J connectivity index is 2.78. The summed E-state index contributed by atoms with van der Waals surface area (Å²) in [6.07, 6.45) is 0. The zero-order valence-corrected chi connectivity index (χ0v) is 10.6. The summed E-state index contributed by atoms with van der Waals surface area (Å²) in [6.45, 7) is 1.52. The van der Waals surface area contributed by atoms with Crippen LogP contribution in [0.25, 0.3) is 0 Å². The van der Waals surface area contributed by atoms with Crippen molar-refractivity contribution in [2.24, 2.45) is 5.92 Å². The Morgan fingerprint density at radius 2 is 1.88 bits per heavy atom. The molecule has 0 heterocycles. The fourth-order valence-electron chi connectivity index (χ4n) is 0.946. The summed E-state index contributed by atoms with van der Waals surface area (Å²) in [6, 6.07) is 2.96. The Labute approximate surface area is 108 Å². The largest absolute Gasteiger partial charge is 0.490 e.